The molecule has 0 aromatic carbocycles. The Balaban J connectivity index is 1.92. The second-order valence-corrected chi connectivity index (χ2v) is 6.63. The van der Waals surface area contributed by atoms with E-state index in [4.69, 9.17) is 0 Å². The number of hydrogen-bond donors (Lipinski definition) is 1. The first-order chi connectivity index (χ1) is 8.99. The molecular formula is C15H29N3O. The van der Waals surface area contributed by atoms with Crippen LogP contribution in [-0.2, 0) is 4.79 Å². The van der Waals surface area contributed by atoms with E-state index in [2.05, 4.69) is 42.8 Å². The molecule has 0 saturated carbocycles. The van der Waals surface area contributed by atoms with E-state index in [1.807, 2.05) is 0 Å². The summed E-state index contributed by atoms with van der Waals surface area (Å²) in [4.78, 5) is 17.1. The Hall–Kier alpha value is -0.610. The standard InChI is InChI=1S/C15H29N3O/c1-11(2)9-14-15(19)18(13(4)16-14)12(3)10-17-7-5-6-8-17/h11-14,16H,5-10H2,1-4H3. The van der Waals surface area contributed by atoms with Crippen molar-refractivity contribution in [3.8, 4) is 0 Å². The predicted molar refractivity (Wildman–Crippen MR) is 77.8 cm³/mol. The maximum atomic E-state index is 12.5. The van der Waals surface area contributed by atoms with E-state index in [0.717, 1.165) is 13.0 Å². The third-order valence-corrected chi connectivity index (χ3v) is 4.32. The molecule has 2 fully saturated rings. The molecule has 0 aliphatic carbocycles. The van der Waals surface area contributed by atoms with Crippen molar-refractivity contribution in [1.82, 2.24) is 15.1 Å². The van der Waals surface area contributed by atoms with Crippen LogP contribution in [0, 0.1) is 5.92 Å². The van der Waals surface area contributed by atoms with Gasteiger partial charge in [-0.05, 0) is 52.1 Å². The molecule has 2 aliphatic heterocycles. The minimum atomic E-state index is 0.0241. The van der Waals surface area contributed by atoms with E-state index in [9.17, 15) is 4.79 Å². The van der Waals surface area contributed by atoms with Crippen molar-refractivity contribution in [3.05, 3.63) is 0 Å². The van der Waals surface area contributed by atoms with Crippen molar-refractivity contribution in [2.45, 2.75) is 65.2 Å². The lowest BCUT2D eigenvalue weighted by molar-refractivity contribution is -0.132. The summed E-state index contributed by atoms with van der Waals surface area (Å²) in [6.45, 7) is 12.1. The van der Waals surface area contributed by atoms with E-state index >= 15 is 0 Å². The summed E-state index contributed by atoms with van der Waals surface area (Å²) < 4.78 is 0. The van der Waals surface area contributed by atoms with Gasteiger partial charge < -0.3 is 9.80 Å². The molecule has 0 spiro atoms. The molecular weight excluding hydrogens is 238 g/mol. The summed E-state index contributed by atoms with van der Waals surface area (Å²) >= 11 is 0. The van der Waals surface area contributed by atoms with Gasteiger partial charge >= 0.3 is 0 Å². The largest absolute Gasteiger partial charge is 0.322 e. The first-order valence-electron chi connectivity index (χ1n) is 7.79. The van der Waals surface area contributed by atoms with Gasteiger partial charge in [0.25, 0.3) is 0 Å². The lowest BCUT2D eigenvalue weighted by Gasteiger charge is -2.31. The van der Waals surface area contributed by atoms with Crippen LogP contribution >= 0.6 is 0 Å². The molecule has 1 amide bonds. The highest BCUT2D eigenvalue weighted by Gasteiger charge is 2.39. The molecule has 3 atom stereocenters. The number of nitrogens with one attached hydrogen (secondary N) is 1. The maximum absolute atomic E-state index is 12.5. The Labute approximate surface area is 117 Å². The summed E-state index contributed by atoms with van der Waals surface area (Å²) in [6.07, 6.45) is 3.74. The maximum Gasteiger partial charge on any atom is 0.241 e. The molecule has 2 heterocycles. The molecule has 1 N–H and O–H groups in total. The molecule has 0 radical (unpaired) electrons. The highest BCUT2D eigenvalue weighted by Crippen LogP contribution is 2.20. The Bertz CT molecular complexity index is 313. The van der Waals surface area contributed by atoms with Gasteiger partial charge in [-0.15, -0.1) is 0 Å². The average Bonchev–Trinajstić information content (AvgIpc) is 2.88. The first kappa shape index (κ1) is 14.8. The summed E-state index contributed by atoms with van der Waals surface area (Å²) in [6, 6.07) is 0.335. The Morgan fingerprint density at radius 3 is 2.47 bits per heavy atom. The fraction of sp³-hybridized carbons (Fsp3) is 0.933. The molecule has 3 unspecified atom stereocenters. The fourth-order valence-electron chi connectivity index (χ4n) is 3.48. The van der Waals surface area contributed by atoms with Crippen molar-refractivity contribution >= 4 is 5.91 Å². The van der Waals surface area contributed by atoms with Gasteiger partial charge in [0.05, 0.1) is 12.2 Å². The van der Waals surface area contributed by atoms with E-state index in [1.165, 1.54) is 25.9 Å². The smallest absolute Gasteiger partial charge is 0.241 e. The van der Waals surface area contributed by atoms with Crippen molar-refractivity contribution < 1.29 is 4.79 Å². The van der Waals surface area contributed by atoms with E-state index < -0.39 is 0 Å². The quantitative estimate of drug-likeness (QED) is 0.823. The number of hydrogen-bond acceptors (Lipinski definition) is 3. The summed E-state index contributed by atoms with van der Waals surface area (Å²) in [5.74, 6) is 0.857. The Morgan fingerprint density at radius 1 is 1.26 bits per heavy atom. The molecule has 4 heteroatoms. The highest BCUT2D eigenvalue weighted by atomic mass is 16.2. The second-order valence-electron chi connectivity index (χ2n) is 6.63. The van der Waals surface area contributed by atoms with Gasteiger partial charge in [-0.1, -0.05) is 13.8 Å². The predicted octanol–water partition coefficient (Wildman–Crippen LogP) is 1.66. The Kier molecular flexibility index (Phi) is 4.85. The van der Waals surface area contributed by atoms with Gasteiger partial charge in [0.1, 0.15) is 0 Å². The number of rotatable bonds is 5. The molecule has 2 aliphatic rings. The normalized spacial score (nSPS) is 30.6. The average molecular weight is 267 g/mol. The number of amides is 1. The van der Waals surface area contributed by atoms with Gasteiger partial charge in [0, 0.05) is 12.6 Å². The van der Waals surface area contributed by atoms with E-state index in [0.29, 0.717) is 17.9 Å². The molecule has 2 rings (SSSR count). The van der Waals surface area contributed by atoms with Crippen LogP contribution in [0.5, 0.6) is 0 Å². The van der Waals surface area contributed by atoms with Crippen LogP contribution in [0.25, 0.3) is 0 Å². The van der Waals surface area contributed by atoms with Gasteiger partial charge in [0.2, 0.25) is 5.91 Å². The summed E-state index contributed by atoms with van der Waals surface area (Å²) in [5, 5.41) is 3.45. The lowest BCUT2D eigenvalue weighted by atomic mass is 10.0. The second kappa shape index (κ2) is 6.23. The highest BCUT2D eigenvalue weighted by molar-refractivity contribution is 5.84. The number of nitrogens with zero attached hydrogens (tertiary/aromatic N) is 2. The first-order valence-corrected chi connectivity index (χ1v) is 7.79. The van der Waals surface area contributed by atoms with Gasteiger partial charge in [-0.25, -0.2) is 0 Å². The molecule has 0 bridgehead atoms. The third-order valence-electron chi connectivity index (χ3n) is 4.32. The van der Waals surface area contributed by atoms with Crippen LogP contribution in [0.4, 0.5) is 0 Å². The number of carbonyl (C=O) groups excluding carboxylic acids is 1. The molecule has 0 aromatic rings. The minimum Gasteiger partial charge on any atom is -0.322 e. The number of carbonyl (C=O) groups is 1. The molecule has 4 nitrogen and oxygen atoms in total. The van der Waals surface area contributed by atoms with Crippen molar-refractivity contribution in [2.75, 3.05) is 19.6 Å². The fourth-order valence-corrected chi connectivity index (χ4v) is 3.48. The van der Waals surface area contributed by atoms with Crippen molar-refractivity contribution in [2.24, 2.45) is 5.92 Å². The minimum absolute atomic E-state index is 0.0241. The summed E-state index contributed by atoms with van der Waals surface area (Å²) in [5.41, 5.74) is 0. The Morgan fingerprint density at radius 2 is 1.89 bits per heavy atom. The molecule has 0 aromatic heterocycles. The van der Waals surface area contributed by atoms with Crippen LogP contribution < -0.4 is 5.32 Å². The van der Waals surface area contributed by atoms with E-state index in [-0.39, 0.29) is 12.2 Å². The van der Waals surface area contributed by atoms with Gasteiger partial charge in [0.15, 0.2) is 0 Å². The molecule has 110 valence electrons. The van der Waals surface area contributed by atoms with Crippen LogP contribution in [0.15, 0.2) is 0 Å². The van der Waals surface area contributed by atoms with Crippen LogP contribution in [0.3, 0.4) is 0 Å². The van der Waals surface area contributed by atoms with Gasteiger partial charge in [-0.3, -0.25) is 10.1 Å². The molecule has 2 saturated heterocycles. The third kappa shape index (κ3) is 3.48. The van der Waals surface area contributed by atoms with Crippen molar-refractivity contribution in [1.29, 1.82) is 0 Å². The van der Waals surface area contributed by atoms with Crippen LogP contribution in [-0.4, -0.2) is 53.6 Å². The zero-order valence-corrected chi connectivity index (χ0v) is 12.9. The van der Waals surface area contributed by atoms with E-state index in [1.54, 1.807) is 0 Å². The zero-order valence-electron chi connectivity index (χ0n) is 12.9. The van der Waals surface area contributed by atoms with Gasteiger partial charge in [-0.2, -0.15) is 0 Å². The topological polar surface area (TPSA) is 35.6 Å². The number of likely N-dealkylation sites (tertiary alicyclic amines) is 1. The monoisotopic (exact) mass is 267 g/mol. The zero-order chi connectivity index (χ0) is 14.0. The lowest BCUT2D eigenvalue weighted by Crippen LogP contribution is -2.46. The SMILES string of the molecule is CC(C)CC1NC(C)N(C(C)CN2CCCC2)C1=O. The van der Waals surface area contributed by atoms with Crippen LogP contribution in [0.1, 0.15) is 47.0 Å². The molecule has 19 heavy (non-hydrogen) atoms. The summed E-state index contributed by atoms with van der Waals surface area (Å²) in [7, 11) is 0. The van der Waals surface area contributed by atoms with Crippen molar-refractivity contribution in [3.63, 3.8) is 0 Å². The van der Waals surface area contributed by atoms with Crippen LogP contribution in [0.2, 0.25) is 0 Å².